The minimum Gasteiger partial charge on any atom is -0.494 e. The molecule has 0 radical (unpaired) electrons. The van der Waals surface area contributed by atoms with Crippen LogP contribution in [0.25, 0.3) is 15.9 Å². The molecule has 0 saturated heterocycles. The van der Waals surface area contributed by atoms with Gasteiger partial charge in [-0.05, 0) is 37.3 Å². The van der Waals surface area contributed by atoms with E-state index in [2.05, 4.69) is 15.1 Å². The monoisotopic (exact) mass is 490 g/mol. The van der Waals surface area contributed by atoms with Gasteiger partial charge in [-0.1, -0.05) is 23.7 Å². The van der Waals surface area contributed by atoms with E-state index in [0.29, 0.717) is 15.6 Å². The van der Waals surface area contributed by atoms with Gasteiger partial charge in [0.25, 0.3) is 5.91 Å². The number of thiophene rings is 1. The first kappa shape index (κ1) is 22.1. The van der Waals surface area contributed by atoms with Crippen LogP contribution in [0.3, 0.4) is 0 Å². The molecule has 2 aromatic heterocycles. The number of fused-ring (bicyclic) bond motifs is 1. The van der Waals surface area contributed by atoms with E-state index in [0.717, 1.165) is 27.9 Å². The highest BCUT2D eigenvalue weighted by Crippen LogP contribution is 2.33. The molecule has 11 heteroatoms. The maximum absolute atomic E-state index is 12.9. The van der Waals surface area contributed by atoms with Gasteiger partial charge in [0.15, 0.2) is 0 Å². The zero-order valence-corrected chi connectivity index (χ0v) is 19.7. The second-order valence-corrected chi connectivity index (χ2v) is 10.2. The number of halogens is 1. The fourth-order valence-corrected chi connectivity index (χ4v) is 5.05. The molecule has 0 fully saturated rings. The number of anilines is 2. The number of nitrogens with zero attached hydrogens (tertiary/aromatic N) is 2. The predicted molar refractivity (Wildman–Crippen MR) is 128 cm³/mol. The van der Waals surface area contributed by atoms with Crippen LogP contribution in [-0.2, 0) is 10.0 Å². The van der Waals surface area contributed by atoms with Crippen LogP contribution in [0.4, 0.5) is 11.4 Å². The molecule has 166 valence electrons. The molecule has 0 aliphatic rings. The molecule has 0 saturated carbocycles. The van der Waals surface area contributed by atoms with Crippen molar-refractivity contribution in [2.24, 2.45) is 0 Å². The largest absolute Gasteiger partial charge is 0.494 e. The Kier molecular flexibility index (Phi) is 5.85. The van der Waals surface area contributed by atoms with Gasteiger partial charge >= 0.3 is 0 Å². The Morgan fingerprint density at radius 1 is 1.19 bits per heavy atom. The number of sulfonamides is 1. The first-order valence-corrected chi connectivity index (χ1v) is 12.5. The van der Waals surface area contributed by atoms with Gasteiger partial charge in [-0.3, -0.25) is 9.52 Å². The van der Waals surface area contributed by atoms with Gasteiger partial charge in [0.05, 0.1) is 40.3 Å². The molecular weight excluding hydrogens is 472 g/mol. The van der Waals surface area contributed by atoms with E-state index in [1.807, 2.05) is 25.1 Å². The third-order valence-corrected chi connectivity index (χ3v) is 6.62. The Hall–Kier alpha value is -3.08. The summed E-state index contributed by atoms with van der Waals surface area (Å²) in [5.74, 6) is -0.0167. The van der Waals surface area contributed by atoms with Gasteiger partial charge < -0.3 is 10.1 Å². The molecule has 0 unspecified atom stereocenters. The topological polar surface area (TPSA) is 102 Å². The number of rotatable bonds is 6. The number of hydrogen-bond acceptors (Lipinski definition) is 6. The summed E-state index contributed by atoms with van der Waals surface area (Å²) in [4.78, 5) is 14.2. The molecule has 0 atom stereocenters. The van der Waals surface area contributed by atoms with Gasteiger partial charge in [0.2, 0.25) is 10.0 Å². The van der Waals surface area contributed by atoms with Gasteiger partial charge in [0.1, 0.15) is 10.6 Å². The van der Waals surface area contributed by atoms with E-state index < -0.39 is 10.0 Å². The SMILES string of the molecule is COc1cc(NC(=O)c2cc3c(C)nn(-c4ccccc4Cl)c3s2)ccc1NS(C)(=O)=O. The zero-order chi connectivity index (χ0) is 23.0. The van der Waals surface area contributed by atoms with Crippen LogP contribution in [0.15, 0.2) is 48.5 Å². The summed E-state index contributed by atoms with van der Waals surface area (Å²) < 4.78 is 32.4. The van der Waals surface area contributed by atoms with Crippen LogP contribution in [0.2, 0.25) is 5.02 Å². The summed E-state index contributed by atoms with van der Waals surface area (Å²) in [7, 11) is -2.04. The smallest absolute Gasteiger partial charge is 0.265 e. The maximum atomic E-state index is 12.9. The van der Waals surface area contributed by atoms with Crippen molar-refractivity contribution in [3.05, 3.63) is 64.1 Å². The Labute approximate surface area is 193 Å². The fourth-order valence-electron chi connectivity index (χ4n) is 3.19. The third-order valence-electron chi connectivity index (χ3n) is 4.60. The molecule has 4 aromatic rings. The van der Waals surface area contributed by atoms with Crippen molar-refractivity contribution >= 4 is 60.5 Å². The lowest BCUT2D eigenvalue weighted by atomic mass is 10.2. The Balaban J connectivity index is 1.64. The van der Waals surface area contributed by atoms with Crippen LogP contribution in [0.5, 0.6) is 5.75 Å². The minimum atomic E-state index is -3.46. The highest BCUT2D eigenvalue weighted by molar-refractivity contribution is 7.92. The minimum absolute atomic E-state index is 0.283. The predicted octanol–water partition coefficient (Wildman–Crippen LogP) is 4.68. The Bertz CT molecular complexity index is 1440. The van der Waals surface area contributed by atoms with Crippen molar-refractivity contribution in [3.8, 4) is 11.4 Å². The number of carbonyl (C=O) groups is 1. The number of amides is 1. The number of nitrogens with one attached hydrogen (secondary N) is 2. The van der Waals surface area contributed by atoms with Crippen molar-refractivity contribution in [2.75, 3.05) is 23.4 Å². The average molecular weight is 491 g/mol. The summed E-state index contributed by atoms with van der Waals surface area (Å²) in [6.07, 6.45) is 1.05. The first-order chi connectivity index (χ1) is 15.2. The van der Waals surface area contributed by atoms with Crippen LogP contribution < -0.4 is 14.8 Å². The fraction of sp³-hybridized carbons (Fsp3) is 0.143. The molecule has 2 aromatic carbocycles. The van der Waals surface area contributed by atoms with Crippen LogP contribution in [0.1, 0.15) is 15.4 Å². The highest BCUT2D eigenvalue weighted by atomic mass is 35.5. The quantitative estimate of drug-likeness (QED) is 0.408. The standard InChI is InChI=1S/C21H19ClN4O4S2/c1-12-14-11-19(31-21(14)26(24-12)17-7-5-4-6-15(17)22)20(27)23-13-8-9-16(18(10-13)30-2)25-32(3,28)29/h4-11,25H,1-3H3,(H,23,27). The first-order valence-electron chi connectivity index (χ1n) is 9.37. The maximum Gasteiger partial charge on any atom is 0.265 e. The number of hydrogen-bond donors (Lipinski definition) is 2. The lowest BCUT2D eigenvalue weighted by Gasteiger charge is -2.12. The summed E-state index contributed by atoms with van der Waals surface area (Å²) in [5, 5.41) is 8.81. The third kappa shape index (κ3) is 4.43. The second kappa shape index (κ2) is 8.45. The van der Waals surface area contributed by atoms with Crippen LogP contribution in [0, 0.1) is 6.92 Å². The lowest BCUT2D eigenvalue weighted by Crippen LogP contribution is -2.12. The molecule has 0 aliphatic heterocycles. The molecule has 2 heterocycles. The molecule has 1 amide bonds. The highest BCUT2D eigenvalue weighted by Gasteiger charge is 2.19. The van der Waals surface area contributed by atoms with Crippen molar-refractivity contribution in [1.82, 2.24) is 9.78 Å². The summed E-state index contributed by atoms with van der Waals surface area (Å²) >= 11 is 7.64. The van der Waals surface area contributed by atoms with Crippen molar-refractivity contribution in [1.29, 1.82) is 0 Å². The molecule has 0 aliphatic carbocycles. The van der Waals surface area contributed by atoms with E-state index in [9.17, 15) is 13.2 Å². The number of methoxy groups -OCH3 is 1. The second-order valence-electron chi connectivity index (χ2n) is 7.02. The summed E-state index contributed by atoms with van der Waals surface area (Å²) in [6.45, 7) is 1.88. The van der Waals surface area contributed by atoms with Gasteiger partial charge in [-0.25, -0.2) is 13.1 Å². The van der Waals surface area contributed by atoms with Crippen molar-refractivity contribution in [3.63, 3.8) is 0 Å². The molecule has 0 spiro atoms. The average Bonchev–Trinajstić information content (AvgIpc) is 3.29. The van der Waals surface area contributed by atoms with Crippen molar-refractivity contribution < 1.29 is 17.9 Å². The summed E-state index contributed by atoms with van der Waals surface area (Å²) in [6, 6.07) is 13.8. The number of para-hydroxylation sites is 1. The van der Waals surface area contributed by atoms with E-state index in [1.165, 1.54) is 24.5 Å². The molecule has 8 nitrogen and oxygen atoms in total. The number of benzene rings is 2. The molecule has 32 heavy (non-hydrogen) atoms. The van der Waals surface area contributed by atoms with E-state index >= 15 is 0 Å². The van der Waals surface area contributed by atoms with E-state index in [4.69, 9.17) is 16.3 Å². The molecule has 2 N–H and O–H groups in total. The van der Waals surface area contributed by atoms with Crippen LogP contribution >= 0.6 is 22.9 Å². The normalized spacial score (nSPS) is 11.5. The number of carbonyl (C=O) groups excluding carboxylic acids is 1. The van der Waals surface area contributed by atoms with Gasteiger partial charge in [0, 0.05) is 17.1 Å². The summed E-state index contributed by atoms with van der Waals surface area (Å²) in [5.41, 5.74) is 2.27. The van der Waals surface area contributed by atoms with E-state index in [-0.39, 0.29) is 17.3 Å². The lowest BCUT2D eigenvalue weighted by molar-refractivity contribution is 0.103. The Morgan fingerprint density at radius 3 is 2.62 bits per heavy atom. The van der Waals surface area contributed by atoms with Crippen LogP contribution in [-0.4, -0.2) is 37.5 Å². The molecule has 4 rings (SSSR count). The molecular formula is C21H19ClN4O4S2. The van der Waals surface area contributed by atoms with E-state index in [1.54, 1.807) is 28.9 Å². The molecule has 0 bridgehead atoms. The van der Waals surface area contributed by atoms with Gasteiger partial charge in [-0.2, -0.15) is 5.10 Å². The van der Waals surface area contributed by atoms with Crippen molar-refractivity contribution in [2.45, 2.75) is 6.92 Å². The van der Waals surface area contributed by atoms with Gasteiger partial charge in [-0.15, -0.1) is 11.3 Å². The number of aromatic nitrogens is 2. The number of aryl methyl sites for hydroxylation is 1. The zero-order valence-electron chi connectivity index (χ0n) is 17.3. The Morgan fingerprint density at radius 2 is 1.94 bits per heavy atom. The number of ether oxygens (including phenoxy) is 1.